The first-order valence-corrected chi connectivity index (χ1v) is 5.61. The van der Waals surface area contributed by atoms with Crippen molar-refractivity contribution in [3.8, 4) is 12.3 Å². The van der Waals surface area contributed by atoms with E-state index in [1.54, 1.807) is 4.90 Å². The molecular weight excluding hydrogens is 218 g/mol. The number of amides is 1. The molecule has 84 valence electrons. The van der Waals surface area contributed by atoms with Crippen molar-refractivity contribution in [2.24, 2.45) is 0 Å². The lowest BCUT2D eigenvalue weighted by Gasteiger charge is -2.17. The normalized spacial score (nSPS) is 9.56. The van der Waals surface area contributed by atoms with Gasteiger partial charge in [-0.15, -0.1) is 19.1 Å². The summed E-state index contributed by atoms with van der Waals surface area (Å²) in [6.07, 6.45) is 5.59. The Balaban J connectivity index is 2.63. The first kappa shape index (κ1) is 12.7. The van der Waals surface area contributed by atoms with E-state index in [4.69, 9.17) is 6.42 Å². The summed E-state index contributed by atoms with van der Waals surface area (Å²) < 4.78 is 0. The maximum absolute atomic E-state index is 11.8. The lowest BCUT2D eigenvalue weighted by Crippen LogP contribution is -2.32. The second-order valence-electron chi connectivity index (χ2n) is 3.46. The van der Waals surface area contributed by atoms with E-state index in [0.29, 0.717) is 19.5 Å². The topological polar surface area (TPSA) is 20.3 Å². The molecule has 0 radical (unpaired) electrons. The monoisotopic (exact) mass is 233 g/mol. The second-order valence-corrected chi connectivity index (χ2v) is 3.97. The van der Waals surface area contributed by atoms with E-state index in [1.165, 1.54) is 0 Å². The van der Waals surface area contributed by atoms with Crippen LogP contribution in [0.3, 0.4) is 0 Å². The maximum atomic E-state index is 11.8. The first-order valence-electron chi connectivity index (χ1n) is 5.16. The van der Waals surface area contributed by atoms with Gasteiger partial charge in [0.1, 0.15) is 0 Å². The molecule has 0 fully saturated rings. The minimum absolute atomic E-state index is 0.0624. The van der Waals surface area contributed by atoms with E-state index < -0.39 is 0 Å². The van der Waals surface area contributed by atoms with Gasteiger partial charge in [-0.25, -0.2) is 0 Å². The number of thiol groups is 1. The minimum atomic E-state index is 0.0624. The Morgan fingerprint density at radius 1 is 1.44 bits per heavy atom. The Labute approximate surface area is 102 Å². The van der Waals surface area contributed by atoms with E-state index in [0.717, 1.165) is 10.5 Å². The number of benzene rings is 1. The summed E-state index contributed by atoms with van der Waals surface area (Å²) in [5.41, 5.74) is 0.985. The van der Waals surface area contributed by atoms with Crippen LogP contribution in [-0.4, -0.2) is 23.9 Å². The van der Waals surface area contributed by atoms with E-state index in [-0.39, 0.29) is 5.91 Å². The summed E-state index contributed by atoms with van der Waals surface area (Å²) in [6.45, 7) is 2.94. The zero-order valence-electron chi connectivity index (χ0n) is 9.31. The number of terminal acetylenes is 1. The van der Waals surface area contributed by atoms with Crippen molar-refractivity contribution in [2.45, 2.75) is 18.2 Å². The Bertz CT molecular complexity index is 391. The van der Waals surface area contributed by atoms with Gasteiger partial charge >= 0.3 is 0 Å². The first-order chi connectivity index (χ1) is 7.67. The zero-order valence-corrected chi connectivity index (χ0v) is 10.2. The van der Waals surface area contributed by atoms with Crippen molar-refractivity contribution in [3.63, 3.8) is 0 Å². The highest BCUT2D eigenvalue weighted by Gasteiger charge is 2.10. The third-order valence-electron chi connectivity index (χ3n) is 2.31. The van der Waals surface area contributed by atoms with Gasteiger partial charge in [0, 0.05) is 11.4 Å². The minimum Gasteiger partial charge on any atom is -0.332 e. The fourth-order valence-electron chi connectivity index (χ4n) is 1.39. The molecule has 0 aliphatic heterocycles. The van der Waals surface area contributed by atoms with Crippen LogP contribution in [0.2, 0.25) is 0 Å². The summed E-state index contributed by atoms with van der Waals surface area (Å²) in [6, 6.07) is 7.57. The number of nitrogens with zero attached hydrogens (tertiary/aromatic N) is 1. The number of rotatable bonds is 4. The van der Waals surface area contributed by atoms with Gasteiger partial charge < -0.3 is 4.90 Å². The summed E-state index contributed by atoms with van der Waals surface area (Å²) in [5, 5.41) is 0. The molecule has 3 heteroatoms. The SMILES string of the molecule is C#CCN(CC)C(=O)Cc1ccc(S)cc1. The molecule has 0 spiro atoms. The highest BCUT2D eigenvalue weighted by Crippen LogP contribution is 2.09. The molecule has 0 saturated carbocycles. The molecule has 1 rings (SSSR count). The van der Waals surface area contributed by atoms with Crippen LogP contribution in [0.1, 0.15) is 12.5 Å². The highest BCUT2D eigenvalue weighted by molar-refractivity contribution is 7.80. The molecule has 0 atom stereocenters. The molecule has 0 aliphatic carbocycles. The van der Waals surface area contributed by atoms with Gasteiger partial charge in [-0.3, -0.25) is 4.79 Å². The lowest BCUT2D eigenvalue weighted by molar-refractivity contribution is -0.129. The van der Waals surface area contributed by atoms with E-state index in [9.17, 15) is 4.79 Å². The second kappa shape index (κ2) is 6.24. The number of carbonyl (C=O) groups is 1. The summed E-state index contributed by atoms with van der Waals surface area (Å²) in [5.74, 6) is 2.55. The zero-order chi connectivity index (χ0) is 12.0. The molecule has 1 aromatic carbocycles. The smallest absolute Gasteiger partial charge is 0.227 e. The average molecular weight is 233 g/mol. The number of likely N-dealkylation sites (N-methyl/N-ethyl adjacent to an activating group) is 1. The molecule has 0 N–H and O–H groups in total. The van der Waals surface area contributed by atoms with Crippen LogP contribution in [-0.2, 0) is 11.2 Å². The molecule has 1 amide bonds. The lowest BCUT2D eigenvalue weighted by atomic mass is 10.1. The van der Waals surface area contributed by atoms with Crippen molar-refractivity contribution in [3.05, 3.63) is 29.8 Å². The Morgan fingerprint density at radius 2 is 2.06 bits per heavy atom. The largest absolute Gasteiger partial charge is 0.332 e. The van der Waals surface area contributed by atoms with Gasteiger partial charge in [-0.1, -0.05) is 18.1 Å². The van der Waals surface area contributed by atoms with Gasteiger partial charge in [-0.05, 0) is 24.6 Å². The van der Waals surface area contributed by atoms with Crippen LogP contribution in [0, 0.1) is 12.3 Å². The molecule has 0 aromatic heterocycles. The maximum Gasteiger partial charge on any atom is 0.227 e. The van der Waals surface area contributed by atoms with Crippen molar-refractivity contribution < 1.29 is 4.79 Å². The molecular formula is C13H15NOS. The van der Waals surface area contributed by atoms with Crippen LogP contribution in [0.25, 0.3) is 0 Å². The van der Waals surface area contributed by atoms with Crippen molar-refractivity contribution in [2.75, 3.05) is 13.1 Å². The summed E-state index contributed by atoms with van der Waals surface area (Å²) in [4.78, 5) is 14.4. The van der Waals surface area contributed by atoms with Gasteiger partial charge in [0.25, 0.3) is 0 Å². The fraction of sp³-hybridized carbons (Fsp3) is 0.308. The predicted octanol–water partition coefficient (Wildman–Crippen LogP) is 2.00. The van der Waals surface area contributed by atoms with Crippen LogP contribution in [0.15, 0.2) is 29.2 Å². The van der Waals surface area contributed by atoms with Crippen LogP contribution in [0.4, 0.5) is 0 Å². The molecule has 1 aromatic rings. The predicted molar refractivity (Wildman–Crippen MR) is 68.5 cm³/mol. The molecule has 0 saturated heterocycles. The number of hydrogen-bond donors (Lipinski definition) is 1. The van der Waals surface area contributed by atoms with Crippen molar-refractivity contribution >= 4 is 18.5 Å². The van der Waals surface area contributed by atoms with Crippen LogP contribution in [0.5, 0.6) is 0 Å². The van der Waals surface area contributed by atoms with Gasteiger partial charge in [0.2, 0.25) is 5.91 Å². The standard InChI is InChI=1S/C13H15NOS/c1-3-9-14(4-2)13(15)10-11-5-7-12(16)8-6-11/h1,5-8,16H,4,9-10H2,2H3. The van der Waals surface area contributed by atoms with Crippen LogP contribution >= 0.6 is 12.6 Å². The third-order valence-corrected chi connectivity index (χ3v) is 2.61. The molecule has 0 heterocycles. The Morgan fingerprint density at radius 3 is 2.56 bits per heavy atom. The summed E-state index contributed by atoms with van der Waals surface area (Å²) >= 11 is 4.19. The quantitative estimate of drug-likeness (QED) is 0.623. The van der Waals surface area contributed by atoms with E-state index >= 15 is 0 Å². The molecule has 0 unspecified atom stereocenters. The van der Waals surface area contributed by atoms with Gasteiger partial charge in [0.15, 0.2) is 0 Å². The Hall–Kier alpha value is -1.40. The third kappa shape index (κ3) is 3.63. The van der Waals surface area contributed by atoms with Crippen molar-refractivity contribution in [1.82, 2.24) is 4.90 Å². The molecule has 2 nitrogen and oxygen atoms in total. The fourth-order valence-corrected chi connectivity index (χ4v) is 1.54. The average Bonchev–Trinajstić information content (AvgIpc) is 2.29. The molecule has 16 heavy (non-hydrogen) atoms. The number of hydrogen-bond acceptors (Lipinski definition) is 2. The van der Waals surface area contributed by atoms with Gasteiger partial charge in [-0.2, -0.15) is 0 Å². The van der Waals surface area contributed by atoms with Gasteiger partial charge in [0.05, 0.1) is 13.0 Å². The van der Waals surface area contributed by atoms with Crippen molar-refractivity contribution in [1.29, 1.82) is 0 Å². The summed E-state index contributed by atoms with van der Waals surface area (Å²) in [7, 11) is 0. The van der Waals surface area contributed by atoms with Crippen LogP contribution < -0.4 is 0 Å². The van der Waals surface area contributed by atoms with E-state index in [2.05, 4.69) is 18.5 Å². The highest BCUT2D eigenvalue weighted by atomic mass is 32.1. The molecule has 0 aliphatic rings. The Kier molecular flexibility index (Phi) is 4.94. The molecule has 0 bridgehead atoms. The van der Waals surface area contributed by atoms with E-state index in [1.807, 2.05) is 31.2 Å². The number of carbonyl (C=O) groups excluding carboxylic acids is 1.